The molecule has 0 aliphatic heterocycles. The minimum atomic E-state index is -0.201. The third-order valence-corrected chi connectivity index (χ3v) is 3.57. The number of hydrogen-bond acceptors (Lipinski definition) is 4. The highest BCUT2D eigenvalue weighted by molar-refractivity contribution is 5.84. The Morgan fingerprint density at radius 3 is 2.71 bits per heavy atom. The molecule has 3 aromatic rings. The lowest BCUT2D eigenvalue weighted by molar-refractivity contribution is 1.01. The summed E-state index contributed by atoms with van der Waals surface area (Å²) in [6.45, 7) is 3.89. The van der Waals surface area contributed by atoms with Crippen LogP contribution in [0.2, 0.25) is 0 Å². The molecule has 0 bridgehead atoms. The van der Waals surface area contributed by atoms with Crippen molar-refractivity contribution >= 4 is 16.7 Å². The summed E-state index contributed by atoms with van der Waals surface area (Å²) >= 11 is 0. The first-order chi connectivity index (χ1) is 10.1. The normalized spacial score (nSPS) is 11.0. The predicted octanol–water partition coefficient (Wildman–Crippen LogP) is 2.44. The van der Waals surface area contributed by atoms with Gasteiger partial charge >= 0.3 is 0 Å². The molecule has 0 amide bonds. The van der Waals surface area contributed by atoms with Gasteiger partial charge < -0.3 is 10.7 Å². The van der Waals surface area contributed by atoms with Crippen molar-refractivity contribution in [3.05, 3.63) is 51.8 Å². The number of nitrogens with one attached hydrogen (secondary N) is 1. The zero-order valence-corrected chi connectivity index (χ0v) is 12.0. The van der Waals surface area contributed by atoms with Crippen molar-refractivity contribution in [1.29, 1.82) is 0 Å². The van der Waals surface area contributed by atoms with Crippen molar-refractivity contribution in [3.8, 4) is 11.5 Å². The summed E-state index contributed by atoms with van der Waals surface area (Å²) in [5.74, 6) is 0.674. The molecular weight excluding hydrogens is 264 g/mol. The van der Waals surface area contributed by atoms with Crippen molar-refractivity contribution in [1.82, 2.24) is 15.0 Å². The van der Waals surface area contributed by atoms with Gasteiger partial charge in [-0.3, -0.25) is 4.79 Å². The minimum Gasteiger partial charge on any atom is -0.383 e. The van der Waals surface area contributed by atoms with E-state index in [-0.39, 0.29) is 11.4 Å². The maximum Gasteiger partial charge on any atom is 0.256 e. The molecule has 106 valence electrons. The van der Waals surface area contributed by atoms with Crippen LogP contribution in [0.25, 0.3) is 22.4 Å². The number of fused-ring (bicyclic) bond motifs is 1. The molecular formula is C16H16N4O. The highest BCUT2D eigenvalue weighted by atomic mass is 16.1. The molecule has 3 rings (SSSR count). The summed E-state index contributed by atoms with van der Waals surface area (Å²) < 4.78 is 0. The number of anilines is 1. The third kappa shape index (κ3) is 2.27. The molecule has 0 aliphatic carbocycles. The minimum absolute atomic E-state index is 0.201. The second-order valence-electron chi connectivity index (χ2n) is 4.97. The van der Waals surface area contributed by atoms with Gasteiger partial charge in [0, 0.05) is 5.39 Å². The Kier molecular flexibility index (Phi) is 3.17. The van der Waals surface area contributed by atoms with Gasteiger partial charge in [-0.2, -0.15) is 0 Å². The number of aromatic nitrogens is 3. The van der Waals surface area contributed by atoms with Crippen LogP contribution in [-0.2, 0) is 6.42 Å². The molecule has 0 unspecified atom stereocenters. The van der Waals surface area contributed by atoms with Gasteiger partial charge in [0.25, 0.3) is 5.56 Å². The van der Waals surface area contributed by atoms with Gasteiger partial charge in [0.2, 0.25) is 0 Å². The Bertz CT molecular complexity index is 883. The van der Waals surface area contributed by atoms with E-state index >= 15 is 0 Å². The fourth-order valence-corrected chi connectivity index (χ4v) is 2.45. The SMILES string of the molecule is CCc1c(N)nc(-c2cc(C)c3ccccc3n2)[nH]c1=O. The molecule has 1 aromatic carbocycles. The molecule has 3 N–H and O–H groups in total. The summed E-state index contributed by atoms with van der Waals surface area (Å²) in [4.78, 5) is 23.6. The Labute approximate surface area is 121 Å². The Morgan fingerprint density at radius 2 is 2.00 bits per heavy atom. The van der Waals surface area contributed by atoms with Crippen LogP contribution >= 0.6 is 0 Å². The van der Waals surface area contributed by atoms with Gasteiger partial charge in [-0.1, -0.05) is 25.1 Å². The number of hydrogen-bond donors (Lipinski definition) is 2. The monoisotopic (exact) mass is 280 g/mol. The van der Waals surface area contributed by atoms with Crippen molar-refractivity contribution in [2.24, 2.45) is 0 Å². The molecule has 0 saturated carbocycles. The van der Waals surface area contributed by atoms with Crippen molar-refractivity contribution in [2.45, 2.75) is 20.3 Å². The summed E-state index contributed by atoms with van der Waals surface area (Å²) in [5, 5.41) is 1.08. The summed E-state index contributed by atoms with van der Waals surface area (Å²) in [6, 6.07) is 9.78. The van der Waals surface area contributed by atoms with Crippen LogP contribution in [0.5, 0.6) is 0 Å². The first kappa shape index (κ1) is 13.3. The quantitative estimate of drug-likeness (QED) is 0.755. The van der Waals surface area contributed by atoms with Crippen LogP contribution in [0.15, 0.2) is 35.1 Å². The topological polar surface area (TPSA) is 84.7 Å². The maximum absolute atomic E-state index is 12.0. The zero-order chi connectivity index (χ0) is 15.0. The number of H-pyrrole nitrogens is 1. The van der Waals surface area contributed by atoms with Crippen molar-refractivity contribution in [3.63, 3.8) is 0 Å². The standard InChI is InChI=1S/C16H16N4O/c1-3-10-14(17)19-15(20-16(10)21)13-8-9(2)11-6-4-5-7-12(11)18-13/h4-8H,3H2,1-2H3,(H3,17,19,20,21). The molecule has 0 radical (unpaired) electrons. The van der Waals surface area contributed by atoms with Gasteiger partial charge in [-0.15, -0.1) is 0 Å². The van der Waals surface area contributed by atoms with E-state index in [1.165, 1.54) is 0 Å². The molecule has 0 fully saturated rings. The number of aryl methyl sites for hydroxylation is 1. The van der Waals surface area contributed by atoms with Crippen molar-refractivity contribution in [2.75, 3.05) is 5.73 Å². The first-order valence-corrected chi connectivity index (χ1v) is 6.85. The Balaban J connectivity index is 2.23. The van der Waals surface area contributed by atoms with E-state index in [0.717, 1.165) is 16.5 Å². The highest BCUT2D eigenvalue weighted by Gasteiger charge is 2.11. The van der Waals surface area contributed by atoms with Crippen LogP contribution in [0, 0.1) is 6.92 Å². The number of pyridine rings is 1. The van der Waals surface area contributed by atoms with Gasteiger partial charge in [0.15, 0.2) is 5.82 Å². The lowest BCUT2D eigenvalue weighted by Crippen LogP contribution is -2.18. The lowest BCUT2D eigenvalue weighted by Gasteiger charge is -2.08. The number of para-hydroxylation sites is 1. The summed E-state index contributed by atoms with van der Waals surface area (Å²) in [5.41, 5.74) is 8.74. The van der Waals surface area contributed by atoms with E-state index in [1.807, 2.05) is 44.2 Å². The smallest absolute Gasteiger partial charge is 0.256 e. The van der Waals surface area contributed by atoms with Gasteiger partial charge in [-0.25, -0.2) is 9.97 Å². The second-order valence-corrected chi connectivity index (χ2v) is 4.97. The van der Waals surface area contributed by atoms with Crippen LogP contribution in [0.3, 0.4) is 0 Å². The molecule has 0 aliphatic rings. The third-order valence-electron chi connectivity index (χ3n) is 3.57. The molecule has 5 heteroatoms. The highest BCUT2D eigenvalue weighted by Crippen LogP contribution is 2.22. The summed E-state index contributed by atoms with van der Waals surface area (Å²) in [6.07, 6.45) is 0.554. The molecule has 0 spiro atoms. The molecule has 2 aromatic heterocycles. The average Bonchev–Trinajstić information content (AvgIpc) is 2.47. The van der Waals surface area contributed by atoms with Gasteiger partial charge in [0.05, 0.1) is 11.1 Å². The Morgan fingerprint density at radius 1 is 1.24 bits per heavy atom. The summed E-state index contributed by atoms with van der Waals surface area (Å²) in [7, 11) is 0. The van der Waals surface area contributed by atoms with Gasteiger partial charge in [-0.05, 0) is 31.0 Å². The molecule has 2 heterocycles. The maximum atomic E-state index is 12.0. The number of rotatable bonds is 2. The number of nitrogens with zero attached hydrogens (tertiary/aromatic N) is 2. The zero-order valence-electron chi connectivity index (χ0n) is 12.0. The largest absolute Gasteiger partial charge is 0.383 e. The number of benzene rings is 1. The predicted molar refractivity (Wildman–Crippen MR) is 84.1 cm³/mol. The first-order valence-electron chi connectivity index (χ1n) is 6.85. The van der Waals surface area contributed by atoms with Crippen LogP contribution in [0.1, 0.15) is 18.1 Å². The van der Waals surface area contributed by atoms with E-state index < -0.39 is 0 Å². The molecule has 0 saturated heterocycles. The van der Waals surface area contributed by atoms with E-state index in [1.54, 1.807) is 0 Å². The van der Waals surface area contributed by atoms with E-state index in [0.29, 0.717) is 23.5 Å². The van der Waals surface area contributed by atoms with Crippen LogP contribution in [0.4, 0.5) is 5.82 Å². The number of nitrogens with two attached hydrogens (primary N) is 1. The molecule has 5 nitrogen and oxygen atoms in total. The van der Waals surface area contributed by atoms with Crippen molar-refractivity contribution < 1.29 is 0 Å². The fourth-order valence-electron chi connectivity index (χ4n) is 2.45. The fraction of sp³-hybridized carbons (Fsp3) is 0.188. The second kappa shape index (κ2) is 5.01. The van der Waals surface area contributed by atoms with E-state index in [9.17, 15) is 4.79 Å². The molecule has 21 heavy (non-hydrogen) atoms. The lowest BCUT2D eigenvalue weighted by atomic mass is 10.1. The van der Waals surface area contributed by atoms with Gasteiger partial charge in [0.1, 0.15) is 11.5 Å². The van der Waals surface area contributed by atoms with E-state index in [2.05, 4.69) is 15.0 Å². The van der Waals surface area contributed by atoms with E-state index in [4.69, 9.17) is 5.73 Å². The average molecular weight is 280 g/mol. The number of nitrogen functional groups attached to an aromatic ring is 1. The number of aromatic amines is 1. The molecule has 0 atom stereocenters. The Hall–Kier alpha value is -2.69. The van der Waals surface area contributed by atoms with Crippen LogP contribution in [-0.4, -0.2) is 15.0 Å². The van der Waals surface area contributed by atoms with Crippen LogP contribution < -0.4 is 11.3 Å².